The molecule has 0 unspecified atom stereocenters. The van der Waals surface area contributed by atoms with Crippen LogP contribution in [0, 0.1) is 29.1 Å². The Morgan fingerprint density at radius 1 is 0.947 bits per heavy atom. The van der Waals surface area contributed by atoms with Crippen LogP contribution in [0.4, 0.5) is 22.0 Å². The van der Waals surface area contributed by atoms with Gasteiger partial charge in [0, 0.05) is 0 Å². The maximum atomic E-state index is 13.1. The van der Waals surface area contributed by atoms with Crippen LogP contribution in [0.1, 0.15) is 5.56 Å². The predicted octanol–water partition coefficient (Wildman–Crippen LogP) is 2.41. The lowest BCUT2D eigenvalue weighted by molar-refractivity contribution is 0.284. The smallest absolute Gasteiger partial charge is 0.265 e. The highest BCUT2D eigenvalue weighted by Crippen LogP contribution is 2.24. The Hall–Kier alpha value is -1.48. The lowest BCUT2D eigenvalue weighted by Crippen LogP contribution is -2.13. The van der Waals surface area contributed by atoms with Crippen LogP contribution >= 0.6 is 0 Å². The number of rotatable bonds is 5. The molecule has 0 heterocycles. The van der Waals surface area contributed by atoms with Gasteiger partial charge in [-0.3, -0.25) is 4.18 Å². The van der Waals surface area contributed by atoms with E-state index in [1.165, 1.54) is 0 Å². The first-order valence-electron chi connectivity index (χ1n) is 4.69. The zero-order chi connectivity index (χ0) is 14.8. The summed E-state index contributed by atoms with van der Waals surface area (Å²) in [5.74, 6) is -11.6. The van der Waals surface area contributed by atoms with Crippen LogP contribution in [0.3, 0.4) is 0 Å². The monoisotopic (exact) mass is 302 g/mol. The van der Waals surface area contributed by atoms with Gasteiger partial charge < -0.3 is 0 Å². The zero-order valence-corrected chi connectivity index (χ0v) is 10.0. The molecule has 0 saturated carbocycles. The lowest BCUT2D eigenvalue weighted by Gasteiger charge is -2.08. The maximum Gasteiger partial charge on any atom is 0.271 e. The van der Waals surface area contributed by atoms with Gasteiger partial charge in [-0.15, -0.1) is 6.58 Å². The zero-order valence-electron chi connectivity index (χ0n) is 9.22. The second kappa shape index (κ2) is 5.66. The predicted molar refractivity (Wildman–Crippen MR) is 55.0 cm³/mol. The minimum absolute atomic E-state index is 0.664. The SMILES string of the molecule is C=CCS(=O)(=O)OCc1c(F)c(F)c(F)c(F)c1F. The molecule has 0 aliphatic rings. The quantitative estimate of drug-likeness (QED) is 0.276. The molecular formula is C10H7F5O3S. The molecule has 3 nitrogen and oxygen atoms in total. The van der Waals surface area contributed by atoms with Crippen molar-refractivity contribution in [2.75, 3.05) is 5.75 Å². The summed E-state index contributed by atoms with van der Waals surface area (Å²) in [6.07, 6.45) is 0.938. The van der Waals surface area contributed by atoms with E-state index in [-0.39, 0.29) is 0 Å². The van der Waals surface area contributed by atoms with Gasteiger partial charge in [-0.05, 0) is 0 Å². The molecule has 1 aromatic rings. The van der Waals surface area contributed by atoms with Crippen molar-refractivity contribution in [1.29, 1.82) is 0 Å². The average molecular weight is 302 g/mol. The van der Waals surface area contributed by atoms with Crippen molar-refractivity contribution in [2.45, 2.75) is 6.61 Å². The van der Waals surface area contributed by atoms with E-state index >= 15 is 0 Å². The van der Waals surface area contributed by atoms with Crippen molar-refractivity contribution < 1.29 is 34.6 Å². The number of hydrogen-bond acceptors (Lipinski definition) is 3. The van der Waals surface area contributed by atoms with Gasteiger partial charge in [-0.1, -0.05) is 6.08 Å². The van der Waals surface area contributed by atoms with Gasteiger partial charge in [0.05, 0.1) is 17.9 Å². The Balaban J connectivity index is 3.13. The molecule has 1 rings (SSSR count). The standard InChI is InChI=1S/C10H7F5O3S/c1-2-3-19(16,17)18-4-5-6(11)8(13)10(15)9(14)7(5)12/h2H,1,3-4H2. The molecule has 19 heavy (non-hydrogen) atoms. The molecule has 0 aliphatic heterocycles. The van der Waals surface area contributed by atoms with Gasteiger partial charge in [0.15, 0.2) is 23.3 Å². The van der Waals surface area contributed by atoms with Crippen molar-refractivity contribution in [3.05, 3.63) is 47.3 Å². The minimum Gasteiger partial charge on any atom is -0.265 e. The molecule has 0 aromatic heterocycles. The van der Waals surface area contributed by atoms with Crippen LogP contribution in [-0.2, 0) is 20.9 Å². The minimum atomic E-state index is -4.19. The molecule has 0 fully saturated rings. The first-order chi connectivity index (χ1) is 8.71. The van der Waals surface area contributed by atoms with Crippen molar-refractivity contribution in [1.82, 2.24) is 0 Å². The normalized spacial score (nSPS) is 11.6. The number of hydrogen-bond donors (Lipinski definition) is 0. The molecule has 0 radical (unpaired) electrons. The van der Waals surface area contributed by atoms with Crippen LogP contribution in [0.25, 0.3) is 0 Å². The van der Waals surface area contributed by atoms with E-state index in [4.69, 9.17) is 0 Å². The van der Waals surface area contributed by atoms with Crippen LogP contribution in [0.5, 0.6) is 0 Å². The summed E-state index contributed by atoms with van der Waals surface area (Å²) in [6.45, 7) is 1.80. The number of halogens is 5. The first-order valence-corrected chi connectivity index (χ1v) is 6.27. The van der Waals surface area contributed by atoms with E-state index in [0.29, 0.717) is 0 Å². The molecule has 0 saturated heterocycles. The van der Waals surface area contributed by atoms with E-state index in [0.717, 1.165) is 6.08 Å². The third kappa shape index (κ3) is 3.29. The molecule has 0 amide bonds. The summed E-state index contributed by atoms with van der Waals surface area (Å²) >= 11 is 0. The Labute approximate surface area is 105 Å². The van der Waals surface area contributed by atoms with Gasteiger partial charge in [0.25, 0.3) is 10.1 Å². The number of benzene rings is 1. The Morgan fingerprint density at radius 2 is 1.37 bits per heavy atom. The molecule has 0 atom stereocenters. The molecule has 0 spiro atoms. The molecule has 0 aliphatic carbocycles. The van der Waals surface area contributed by atoms with E-state index in [9.17, 15) is 30.4 Å². The first kappa shape index (κ1) is 15.6. The third-order valence-corrected chi connectivity index (χ3v) is 3.13. The Morgan fingerprint density at radius 3 is 1.79 bits per heavy atom. The van der Waals surface area contributed by atoms with E-state index in [2.05, 4.69) is 10.8 Å². The Kier molecular flexibility index (Phi) is 4.64. The van der Waals surface area contributed by atoms with Crippen LogP contribution in [0.2, 0.25) is 0 Å². The van der Waals surface area contributed by atoms with Crippen LogP contribution in [-0.4, -0.2) is 14.2 Å². The highest BCUT2D eigenvalue weighted by molar-refractivity contribution is 7.86. The summed E-state index contributed by atoms with van der Waals surface area (Å²) < 4.78 is 90.8. The fourth-order valence-electron chi connectivity index (χ4n) is 1.12. The highest BCUT2D eigenvalue weighted by Gasteiger charge is 2.26. The van der Waals surface area contributed by atoms with E-state index < -0.39 is 57.1 Å². The van der Waals surface area contributed by atoms with Gasteiger partial charge >= 0.3 is 0 Å². The molecule has 1 aromatic carbocycles. The van der Waals surface area contributed by atoms with Gasteiger partial charge in [-0.25, -0.2) is 22.0 Å². The fourth-order valence-corrected chi connectivity index (χ4v) is 1.80. The maximum absolute atomic E-state index is 13.1. The summed E-state index contributed by atoms with van der Waals surface area (Å²) in [6, 6.07) is 0. The van der Waals surface area contributed by atoms with Crippen LogP contribution in [0.15, 0.2) is 12.7 Å². The summed E-state index contributed by atoms with van der Waals surface area (Å²) in [7, 11) is -4.19. The van der Waals surface area contributed by atoms with Gasteiger partial charge in [-0.2, -0.15) is 8.42 Å². The highest BCUT2D eigenvalue weighted by atomic mass is 32.2. The average Bonchev–Trinajstić information content (AvgIpc) is 2.34. The van der Waals surface area contributed by atoms with E-state index in [1.54, 1.807) is 0 Å². The van der Waals surface area contributed by atoms with Crippen molar-refractivity contribution in [2.24, 2.45) is 0 Å². The molecule has 9 heteroatoms. The summed E-state index contributed by atoms with van der Waals surface area (Å²) in [5, 5.41) is 0. The summed E-state index contributed by atoms with van der Waals surface area (Å²) in [5.41, 5.74) is -1.36. The van der Waals surface area contributed by atoms with Gasteiger partial charge in [0.1, 0.15) is 0 Å². The molecular weight excluding hydrogens is 295 g/mol. The topological polar surface area (TPSA) is 43.4 Å². The van der Waals surface area contributed by atoms with Gasteiger partial charge in [0.2, 0.25) is 5.82 Å². The van der Waals surface area contributed by atoms with Crippen molar-refractivity contribution >= 4 is 10.1 Å². The Bertz CT molecular complexity index is 583. The lowest BCUT2D eigenvalue weighted by atomic mass is 10.2. The summed E-state index contributed by atoms with van der Waals surface area (Å²) in [4.78, 5) is 0. The van der Waals surface area contributed by atoms with Crippen molar-refractivity contribution in [3.8, 4) is 0 Å². The second-order valence-electron chi connectivity index (χ2n) is 3.32. The second-order valence-corrected chi connectivity index (χ2v) is 5.01. The molecule has 0 bridgehead atoms. The largest absolute Gasteiger partial charge is 0.271 e. The molecule has 0 N–H and O–H groups in total. The third-order valence-electron chi connectivity index (χ3n) is 2.01. The fraction of sp³-hybridized carbons (Fsp3) is 0.200. The van der Waals surface area contributed by atoms with Crippen molar-refractivity contribution in [3.63, 3.8) is 0 Å². The van der Waals surface area contributed by atoms with E-state index in [1.807, 2.05) is 0 Å². The van der Waals surface area contributed by atoms with Crippen LogP contribution < -0.4 is 0 Å². The molecule has 106 valence electrons.